The maximum absolute atomic E-state index is 12.9. The van der Waals surface area contributed by atoms with E-state index in [2.05, 4.69) is 19.6 Å². The zero-order valence-corrected chi connectivity index (χ0v) is 19.0. The van der Waals surface area contributed by atoms with E-state index in [4.69, 9.17) is 10.5 Å². The Morgan fingerprint density at radius 2 is 1.71 bits per heavy atom. The van der Waals surface area contributed by atoms with Gasteiger partial charge in [-0.25, -0.2) is 13.4 Å². The van der Waals surface area contributed by atoms with Gasteiger partial charge in [0.1, 0.15) is 5.82 Å². The van der Waals surface area contributed by atoms with E-state index in [1.807, 2.05) is 12.1 Å². The van der Waals surface area contributed by atoms with Gasteiger partial charge in [0.15, 0.2) is 0 Å². The Balaban J connectivity index is 1.32. The number of amides is 1. The number of fused-ring (bicyclic) bond motifs is 1. The molecule has 0 radical (unpaired) electrons. The minimum Gasteiger partial charge on any atom is -0.378 e. The Bertz CT molecular complexity index is 1440. The summed E-state index contributed by atoms with van der Waals surface area (Å²) in [7, 11) is -3.76. The summed E-state index contributed by atoms with van der Waals surface area (Å²) < 4.78 is 33.7. The third-order valence-corrected chi connectivity index (χ3v) is 7.10. The summed E-state index contributed by atoms with van der Waals surface area (Å²) in [5.41, 5.74) is 9.30. The Morgan fingerprint density at radius 1 is 1.00 bits per heavy atom. The minimum absolute atomic E-state index is 0.139. The van der Waals surface area contributed by atoms with Gasteiger partial charge in [0.05, 0.1) is 29.1 Å². The van der Waals surface area contributed by atoms with Crippen molar-refractivity contribution < 1.29 is 17.9 Å². The highest BCUT2D eigenvalue weighted by Crippen LogP contribution is 2.25. The third-order valence-electron chi connectivity index (χ3n) is 5.70. The van der Waals surface area contributed by atoms with Crippen molar-refractivity contribution in [1.82, 2.24) is 9.97 Å². The Kier molecular flexibility index (Phi) is 5.68. The van der Waals surface area contributed by atoms with E-state index in [1.165, 1.54) is 12.1 Å². The number of nitrogens with two attached hydrogens (primary N) is 1. The molecule has 3 aromatic carbocycles. The SMILES string of the molecule is NC(=O)c1ccc2nc(-c3ccc(S(=O)(=O)Nc4ccc(N5CCOCC5)cc4)cc3)[nH]c2c1. The summed E-state index contributed by atoms with van der Waals surface area (Å²) in [6.45, 7) is 3.00. The quantitative estimate of drug-likeness (QED) is 0.391. The van der Waals surface area contributed by atoms with Crippen molar-refractivity contribution in [2.24, 2.45) is 5.73 Å². The summed E-state index contributed by atoms with van der Waals surface area (Å²) in [4.78, 5) is 21.4. The van der Waals surface area contributed by atoms with E-state index in [0.29, 0.717) is 46.9 Å². The van der Waals surface area contributed by atoms with Crippen molar-refractivity contribution >= 4 is 38.3 Å². The number of carbonyl (C=O) groups is 1. The molecule has 34 heavy (non-hydrogen) atoms. The molecule has 2 heterocycles. The number of aromatic amines is 1. The lowest BCUT2D eigenvalue weighted by molar-refractivity contribution is 0.100. The highest BCUT2D eigenvalue weighted by molar-refractivity contribution is 7.92. The molecule has 0 aliphatic carbocycles. The smallest absolute Gasteiger partial charge is 0.261 e. The summed E-state index contributed by atoms with van der Waals surface area (Å²) in [5, 5.41) is 0. The van der Waals surface area contributed by atoms with Crippen LogP contribution in [0.5, 0.6) is 0 Å². The van der Waals surface area contributed by atoms with Crippen molar-refractivity contribution in [2.45, 2.75) is 4.90 Å². The first-order chi connectivity index (χ1) is 16.4. The zero-order chi connectivity index (χ0) is 23.7. The second-order valence-corrected chi connectivity index (χ2v) is 9.64. The van der Waals surface area contributed by atoms with Crippen molar-refractivity contribution in [3.8, 4) is 11.4 Å². The molecule has 10 heteroatoms. The molecule has 1 saturated heterocycles. The molecule has 1 aliphatic heterocycles. The van der Waals surface area contributed by atoms with Crippen LogP contribution in [-0.4, -0.2) is 50.6 Å². The molecule has 1 fully saturated rings. The molecule has 4 N–H and O–H groups in total. The first-order valence-electron chi connectivity index (χ1n) is 10.7. The van der Waals surface area contributed by atoms with Gasteiger partial charge in [-0.05, 0) is 66.7 Å². The maximum Gasteiger partial charge on any atom is 0.261 e. The van der Waals surface area contributed by atoms with Crippen LogP contribution < -0.4 is 15.4 Å². The van der Waals surface area contributed by atoms with Crippen LogP contribution in [0.15, 0.2) is 71.6 Å². The number of hydrogen-bond donors (Lipinski definition) is 3. The van der Waals surface area contributed by atoms with Crippen molar-refractivity contribution in [2.75, 3.05) is 35.9 Å². The Morgan fingerprint density at radius 3 is 2.38 bits per heavy atom. The number of imidazole rings is 1. The van der Waals surface area contributed by atoms with E-state index in [-0.39, 0.29) is 4.90 Å². The van der Waals surface area contributed by atoms with E-state index in [9.17, 15) is 13.2 Å². The molecule has 1 aliphatic rings. The predicted octanol–water partition coefficient (Wildman–Crippen LogP) is 2.97. The second-order valence-electron chi connectivity index (χ2n) is 7.96. The molecule has 0 spiro atoms. The summed E-state index contributed by atoms with van der Waals surface area (Å²) in [5.74, 6) is 0.0445. The number of benzene rings is 3. The summed E-state index contributed by atoms with van der Waals surface area (Å²) in [6, 6.07) is 18.7. The van der Waals surface area contributed by atoms with Crippen LogP contribution in [-0.2, 0) is 14.8 Å². The number of primary amides is 1. The number of hydrogen-bond acceptors (Lipinski definition) is 6. The predicted molar refractivity (Wildman–Crippen MR) is 130 cm³/mol. The molecular weight excluding hydrogens is 454 g/mol. The molecule has 9 nitrogen and oxygen atoms in total. The maximum atomic E-state index is 12.9. The lowest BCUT2D eigenvalue weighted by atomic mass is 10.2. The normalized spacial score (nSPS) is 14.3. The van der Waals surface area contributed by atoms with E-state index >= 15 is 0 Å². The number of morpholine rings is 1. The molecule has 0 saturated carbocycles. The van der Waals surface area contributed by atoms with Gasteiger partial charge in [0.2, 0.25) is 5.91 Å². The fourth-order valence-corrected chi connectivity index (χ4v) is 4.93. The molecule has 4 aromatic rings. The molecule has 5 rings (SSSR count). The van der Waals surface area contributed by atoms with Crippen LogP contribution in [0, 0.1) is 0 Å². The zero-order valence-electron chi connectivity index (χ0n) is 18.2. The average Bonchev–Trinajstić information content (AvgIpc) is 3.28. The van der Waals surface area contributed by atoms with E-state index in [1.54, 1.807) is 42.5 Å². The second kappa shape index (κ2) is 8.81. The number of H-pyrrole nitrogens is 1. The summed E-state index contributed by atoms with van der Waals surface area (Å²) in [6.07, 6.45) is 0. The van der Waals surface area contributed by atoms with Crippen LogP contribution in [0.1, 0.15) is 10.4 Å². The van der Waals surface area contributed by atoms with Gasteiger partial charge in [-0.2, -0.15) is 0 Å². The number of aromatic nitrogens is 2. The molecular formula is C24H23N5O4S. The monoisotopic (exact) mass is 477 g/mol. The van der Waals surface area contributed by atoms with Crippen molar-refractivity contribution in [3.63, 3.8) is 0 Å². The van der Waals surface area contributed by atoms with E-state index in [0.717, 1.165) is 18.8 Å². The Labute approximate surface area is 196 Å². The van der Waals surface area contributed by atoms with Gasteiger partial charge in [-0.1, -0.05) is 0 Å². The fourth-order valence-electron chi connectivity index (χ4n) is 3.87. The number of rotatable bonds is 6. The average molecular weight is 478 g/mol. The van der Waals surface area contributed by atoms with Gasteiger partial charge in [-0.3, -0.25) is 9.52 Å². The molecule has 1 aromatic heterocycles. The van der Waals surface area contributed by atoms with Crippen LogP contribution in [0.2, 0.25) is 0 Å². The number of nitrogens with zero attached hydrogens (tertiary/aromatic N) is 2. The lowest BCUT2D eigenvalue weighted by Gasteiger charge is -2.28. The minimum atomic E-state index is -3.76. The van der Waals surface area contributed by atoms with E-state index < -0.39 is 15.9 Å². The number of anilines is 2. The first-order valence-corrected chi connectivity index (χ1v) is 12.2. The number of sulfonamides is 1. The van der Waals surface area contributed by atoms with Gasteiger partial charge >= 0.3 is 0 Å². The molecule has 1 amide bonds. The first kappa shape index (κ1) is 21.9. The van der Waals surface area contributed by atoms with Crippen LogP contribution >= 0.6 is 0 Å². The van der Waals surface area contributed by atoms with Crippen LogP contribution in [0.25, 0.3) is 22.4 Å². The molecule has 0 unspecified atom stereocenters. The van der Waals surface area contributed by atoms with Gasteiger partial charge < -0.3 is 20.4 Å². The highest BCUT2D eigenvalue weighted by atomic mass is 32.2. The molecule has 0 bridgehead atoms. The number of carbonyl (C=O) groups excluding carboxylic acids is 1. The molecule has 0 atom stereocenters. The van der Waals surface area contributed by atoms with Crippen LogP contribution in [0.3, 0.4) is 0 Å². The molecule has 174 valence electrons. The third kappa shape index (κ3) is 4.45. The van der Waals surface area contributed by atoms with Gasteiger partial charge in [0.25, 0.3) is 10.0 Å². The van der Waals surface area contributed by atoms with Crippen LogP contribution in [0.4, 0.5) is 11.4 Å². The van der Waals surface area contributed by atoms with Crippen molar-refractivity contribution in [3.05, 3.63) is 72.3 Å². The van der Waals surface area contributed by atoms with Gasteiger partial charge in [-0.15, -0.1) is 0 Å². The topological polar surface area (TPSA) is 130 Å². The Hall–Kier alpha value is -3.89. The lowest BCUT2D eigenvalue weighted by Crippen LogP contribution is -2.36. The number of ether oxygens (including phenoxy) is 1. The standard InChI is InChI=1S/C24H23N5O4S/c25-23(30)17-3-10-21-22(15-17)27-24(26-21)16-1-8-20(9-2-16)34(31,32)28-18-4-6-19(7-5-18)29-11-13-33-14-12-29/h1-10,15,28H,11-14H2,(H2,25,30)(H,26,27). The fraction of sp³-hybridized carbons (Fsp3) is 0.167. The summed E-state index contributed by atoms with van der Waals surface area (Å²) >= 11 is 0. The van der Waals surface area contributed by atoms with Crippen molar-refractivity contribution in [1.29, 1.82) is 0 Å². The largest absolute Gasteiger partial charge is 0.378 e. The number of nitrogens with one attached hydrogen (secondary N) is 2. The highest BCUT2D eigenvalue weighted by Gasteiger charge is 2.16. The van der Waals surface area contributed by atoms with Gasteiger partial charge in [0, 0.05) is 35.6 Å².